The van der Waals surface area contributed by atoms with Crippen LogP contribution in [0.4, 0.5) is 4.39 Å². The summed E-state index contributed by atoms with van der Waals surface area (Å²) < 4.78 is 13.1. The minimum absolute atomic E-state index is 0.210. The van der Waals surface area contributed by atoms with Gasteiger partial charge < -0.3 is 0 Å². The summed E-state index contributed by atoms with van der Waals surface area (Å²) in [5.74, 6) is -0.406. The lowest BCUT2D eigenvalue weighted by molar-refractivity contribution is 0.620. The number of nitriles is 1. The van der Waals surface area contributed by atoms with Gasteiger partial charge in [0.1, 0.15) is 11.9 Å². The summed E-state index contributed by atoms with van der Waals surface area (Å²) in [5.41, 5.74) is 2.13. The van der Waals surface area contributed by atoms with E-state index in [1.54, 1.807) is 6.07 Å². The molecule has 0 aliphatic heterocycles. The van der Waals surface area contributed by atoms with Crippen molar-refractivity contribution in [2.75, 3.05) is 0 Å². The van der Waals surface area contributed by atoms with E-state index >= 15 is 0 Å². The molecule has 0 amide bonds. The zero-order valence-corrected chi connectivity index (χ0v) is 7.89. The van der Waals surface area contributed by atoms with E-state index in [1.807, 2.05) is 19.9 Å². The van der Waals surface area contributed by atoms with Gasteiger partial charge in [0.05, 0.1) is 5.56 Å². The first kappa shape index (κ1) is 9.73. The van der Waals surface area contributed by atoms with Crippen molar-refractivity contribution in [3.05, 3.63) is 34.6 Å². The molecule has 0 atom stereocenters. The molecule has 0 spiro atoms. The van der Waals surface area contributed by atoms with Crippen molar-refractivity contribution >= 4 is 0 Å². The number of rotatable bonds is 2. The first-order valence-electron chi connectivity index (χ1n) is 4.44. The summed E-state index contributed by atoms with van der Waals surface area (Å²) in [4.78, 5) is 0. The van der Waals surface area contributed by atoms with Gasteiger partial charge in [0.15, 0.2) is 0 Å². The summed E-state index contributed by atoms with van der Waals surface area (Å²) in [6, 6.07) is 5.04. The van der Waals surface area contributed by atoms with Crippen LogP contribution in [0.2, 0.25) is 0 Å². The highest BCUT2D eigenvalue weighted by Crippen LogP contribution is 2.18. The van der Waals surface area contributed by atoms with Crippen molar-refractivity contribution < 1.29 is 4.39 Å². The van der Waals surface area contributed by atoms with Crippen molar-refractivity contribution in [3.8, 4) is 6.07 Å². The van der Waals surface area contributed by atoms with Gasteiger partial charge in [0.25, 0.3) is 0 Å². The van der Waals surface area contributed by atoms with Gasteiger partial charge in [-0.2, -0.15) is 5.26 Å². The highest BCUT2D eigenvalue weighted by molar-refractivity contribution is 5.44. The second kappa shape index (κ2) is 4.04. The molecule has 0 aliphatic carbocycles. The Morgan fingerprint density at radius 1 is 1.31 bits per heavy atom. The third kappa shape index (κ3) is 1.70. The molecule has 0 aliphatic rings. The largest absolute Gasteiger partial charge is 0.206 e. The maximum atomic E-state index is 13.1. The Hall–Kier alpha value is -1.36. The summed E-state index contributed by atoms with van der Waals surface area (Å²) in [5, 5.41) is 8.76. The van der Waals surface area contributed by atoms with Crippen LogP contribution in [0.5, 0.6) is 0 Å². The van der Waals surface area contributed by atoms with Crippen LogP contribution in [0, 0.1) is 17.1 Å². The third-order valence-electron chi connectivity index (χ3n) is 2.21. The van der Waals surface area contributed by atoms with Gasteiger partial charge >= 0.3 is 0 Å². The van der Waals surface area contributed by atoms with E-state index in [4.69, 9.17) is 5.26 Å². The van der Waals surface area contributed by atoms with Crippen LogP contribution < -0.4 is 0 Å². The molecular weight excluding hydrogens is 165 g/mol. The van der Waals surface area contributed by atoms with Gasteiger partial charge in [-0.15, -0.1) is 0 Å². The number of hydrogen-bond acceptors (Lipinski definition) is 1. The number of aryl methyl sites for hydroxylation is 1. The van der Waals surface area contributed by atoms with Crippen LogP contribution in [-0.2, 0) is 12.8 Å². The van der Waals surface area contributed by atoms with Gasteiger partial charge in [-0.05, 0) is 30.0 Å². The van der Waals surface area contributed by atoms with Crippen molar-refractivity contribution in [3.63, 3.8) is 0 Å². The van der Waals surface area contributed by atoms with Gasteiger partial charge in [-0.1, -0.05) is 19.9 Å². The van der Waals surface area contributed by atoms with Crippen LogP contribution in [-0.4, -0.2) is 0 Å². The maximum absolute atomic E-state index is 13.1. The van der Waals surface area contributed by atoms with Gasteiger partial charge in [0, 0.05) is 0 Å². The lowest BCUT2D eigenvalue weighted by Gasteiger charge is -2.07. The summed E-state index contributed by atoms with van der Waals surface area (Å²) >= 11 is 0. The van der Waals surface area contributed by atoms with E-state index in [-0.39, 0.29) is 5.56 Å². The summed E-state index contributed by atoms with van der Waals surface area (Å²) in [7, 11) is 0. The van der Waals surface area contributed by atoms with Crippen LogP contribution >= 0.6 is 0 Å². The standard InChI is InChI=1S/C11H12FN/c1-3-8-5-6-11(12)10(7-13)9(8)4-2/h5-6H,3-4H2,1-2H3. The Bertz CT molecular complexity index is 350. The molecule has 0 heterocycles. The summed E-state index contributed by atoms with van der Waals surface area (Å²) in [6.07, 6.45) is 1.56. The van der Waals surface area contributed by atoms with Crippen molar-refractivity contribution in [1.29, 1.82) is 5.26 Å². The smallest absolute Gasteiger partial charge is 0.141 e. The normalized spacial score (nSPS) is 9.69. The SMILES string of the molecule is CCc1ccc(F)c(C#N)c1CC. The molecule has 0 unspecified atom stereocenters. The van der Waals surface area contributed by atoms with Crippen LogP contribution in [0.15, 0.2) is 12.1 Å². The lowest BCUT2D eigenvalue weighted by Crippen LogP contribution is -1.98. The monoisotopic (exact) mass is 177 g/mol. The first-order chi connectivity index (χ1) is 6.24. The molecule has 68 valence electrons. The van der Waals surface area contributed by atoms with Crippen LogP contribution in [0.3, 0.4) is 0 Å². The molecule has 1 rings (SSSR count). The van der Waals surface area contributed by atoms with Crippen molar-refractivity contribution in [2.24, 2.45) is 0 Å². The molecule has 0 radical (unpaired) electrons. The fourth-order valence-electron chi connectivity index (χ4n) is 1.52. The molecule has 1 aromatic carbocycles. The molecule has 1 aromatic rings. The number of benzene rings is 1. The number of hydrogen-bond donors (Lipinski definition) is 0. The Labute approximate surface area is 77.8 Å². The lowest BCUT2D eigenvalue weighted by atomic mass is 9.97. The Kier molecular flexibility index (Phi) is 3.02. The van der Waals surface area contributed by atoms with Gasteiger partial charge in [0.2, 0.25) is 0 Å². The van der Waals surface area contributed by atoms with E-state index in [9.17, 15) is 4.39 Å². The van der Waals surface area contributed by atoms with E-state index in [2.05, 4.69) is 0 Å². The quantitative estimate of drug-likeness (QED) is 0.681. The molecule has 0 saturated carbocycles. The third-order valence-corrected chi connectivity index (χ3v) is 2.21. The molecule has 0 saturated heterocycles. The molecule has 0 N–H and O–H groups in total. The van der Waals surface area contributed by atoms with E-state index in [1.165, 1.54) is 6.07 Å². The predicted octanol–water partition coefficient (Wildman–Crippen LogP) is 2.82. The van der Waals surface area contributed by atoms with E-state index < -0.39 is 5.82 Å². The van der Waals surface area contributed by atoms with E-state index in [0.29, 0.717) is 6.42 Å². The molecule has 13 heavy (non-hydrogen) atoms. The minimum atomic E-state index is -0.406. The Morgan fingerprint density at radius 3 is 2.46 bits per heavy atom. The van der Waals surface area contributed by atoms with Gasteiger partial charge in [-0.3, -0.25) is 0 Å². The summed E-state index contributed by atoms with van der Waals surface area (Å²) in [6.45, 7) is 3.95. The molecule has 2 heteroatoms. The zero-order chi connectivity index (χ0) is 9.84. The Balaban J connectivity index is 3.38. The minimum Gasteiger partial charge on any atom is -0.206 e. The highest BCUT2D eigenvalue weighted by atomic mass is 19.1. The van der Waals surface area contributed by atoms with Crippen molar-refractivity contribution in [1.82, 2.24) is 0 Å². The fraction of sp³-hybridized carbons (Fsp3) is 0.364. The second-order valence-electron chi connectivity index (χ2n) is 2.88. The topological polar surface area (TPSA) is 23.8 Å². The number of nitrogens with zero attached hydrogens (tertiary/aromatic N) is 1. The van der Waals surface area contributed by atoms with Crippen LogP contribution in [0.1, 0.15) is 30.5 Å². The predicted molar refractivity (Wildman–Crippen MR) is 49.9 cm³/mol. The molecule has 0 fully saturated rings. The van der Waals surface area contributed by atoms with E-state index in [0.717, 1.165) is 17.5 Å². The second-order valence-corrected chi connectivity index (χ2v) is 2.88. The highest BCUT2D eigenvalue weighted by Gasteiger charge is 2.09. The van der Waals surface area contributed by atoms with Crippen LogP contribution in [0.25, 0.3) is 0 Å². The molecule has 0 aromatic heterocycles. The average molecular weight is 177 g/mol. The zero-order valence-electron chi connectivity index (χ0n) is 7.89. The fourth-order valence-corrected chi connectivity index (χ4v) is 1.52. The maximum Gasteiger partial charge on any atom is 0.141 e. The first-order valence-corrected chi connectivity index (χ1v) is 4.44. The molecule has 0 bridgehead atoms. The Morgan fingerprint density at radius 2 is 2.00 bits per heavy atom. The average Bonchev–Trinajstić information content (AvgIpc) is 2.17. The van der Waals surface area contributed by atoms with Crippen molar-refractivity contribution in [2.45, 2.75) is 26.7 Å². The molecule has 1 nitrogen and oxygen atoms in total. The number of halogens is 1. The molecular formula is C11H12FN. The van der Waals surface area contributed by atoms with Gasteiger partial charge in [-0.25, -0.2) is 4.39 Å².